The fraction of sp³-hybridized carbons (Fsp3) is 0.692. The van der Waals surface area contributed by atoms with Crippen LogP contribution in [0.2, 0.25) is 0 Å². The number of hydrogen-bond acceptors (Lipinski definition) is 3. The Morgan fingerprint density at radius 1 is 1.50 bits per heavy atom. The molecular formula is C13H21NOS. The Kier molecular flexibility index (Phi) is 4.79. The summed E-state index contributed by atoms with van der Waals surface area (Å²) >= 11 is 2.15. The maximum atomic E-state index is 5.10. The SMILES string of the molecule is CNC(CSC1CCCC1)Cc1ccoc1. The van der Waals surface area contributed by atoms with Crippen molar-refractivity contribution in [1.82, 2.24) is 5.32 Å². The van der Waals surface area contributed by atoms with Crippen LogP contribution in [0, 0.1) is 0 Å². The molecular weight excluding hydrogens is 218 g/mol. The van der Waals surface area contributed by atoms with Gasteiger partial charge in [-0.3, -0.25) is 0 Å². The van der Waals surface area contributed by atoms with Crippen molar-refractivity contribution in [2.24, 2.45) is 0 Å². The fourth-order valence-corrected chi connectivity index (χ4v) is 3.70. The maximum Gasteiger partial charge on any atom is 0.0935 e. The third-order valence-electron chi connectivity index (χ3n) is 3.31. The molecule has 1 aromatic rings. The smallest absolute Gasteiger partial charge is 0.0935 e. The Morgan fingerprint density at radius 3 is 2.94 bits per heavy atom. The summed E-state index contributed by atoms with van der Waals surface area (Å²) in [7, 11) is 2.06. The first-order valence-electron chi connectivity index (χ1n) is 6.18. The molecule has 1 atom stereocenters. The lowest BCUT2D eigenvalue weighted by Gasteiger charge is -2.17. The van der Waals surface area contributed by atoms with E-state index in [1.54, 1.807) is 6.26 Å². The predicted molar refractivity (Wildman–Crippen MR) is 70.0 cm³/mol. The maximum absolute atomic E-state index is 5.10. The van der Waals surface area contributed by atoms with Gasteiger partial charge in [-0.2, -0.15) is 11.8 Å². The van der Waals surface area contributed by atoms with Gasteiger partial charge in [0.05, 0.1) is 12.5 Å². The van der Waals surface area contributed by atoms with Gasteiger partial charge in [0, 0.05) is 17.0 Å². The van der Waals surface area contributed by atoms with E-state index < -0.39 is 0 Å². The zero-order valence-electron chi connectivity index (χ0n) is 9.95. The fourth-order valence-electron chi connectivity index (χ4n) is 2.24. The molecule has 1 aliphatic rings. The molecule has 0 aliphatic heterocycles. The van der Waals surface area contributed by atoms with Crippen LogP contribution in [0.5, 0.6) is 0 Å². The molecule has 0 saturated heterocycles. The van der Waals surface area contributed by atoms with Gasteiger partial charge in [-0.15, -0.1) is 0 Å². The van der Waals surface area contributed by atoms with E-state index >= 15 is 0 Å². The second-order valence-corrected chi connectivity index (χ2v) is 5.89. The van der Waals surface area contributed by atoms with Crippen molar-refractivity contribution < 1.29 is 4.42 Å². The molecule has 0 bridgehead atoms. The highest BCUT2D eigenvalue weighted by atomic mass is 32.2. The third-order valence-corrected chi connectivity index (χ3v) is 4.84. The highest BCUT2D eigenvalue weighted by Crippen LogP contribution is 2.29. The van der Waals surface area contributed by atoms with Crippen LogP contribution < -0.4 is 5.32 Å². The topological polar surface area (TPSA) is 25.2 Å². The molecule has 1 unspecified atom stereocenters. The minimum Gasteiger partial charge on any atom is -0.472 e. The number of thioether (sulfide) groups is 1. The average molecular weight is 239 g/mol. The molecule has 0 aromatic carbocycles. The summed E-state index contributed by atoms with van der Waals surface area (Å²) in [6, 6.07) is 2.63. The van der Waals surface area contributed by atoms with E-state index in [0.29, 0.717) is 6.04 Å². The average Bonchev–Trinajstić information content (AvgIpc) is 2.97. The molecule has 16 heavy (non-hydrogen) atoms. The van der Waals surface area contributed by atoms with Gasteiger partial charge < -0.3 is 9.73 Å². The van der Waals surface area contributed by atoms with E-state index in [9.17, 15) is 0 Å². The van der Waals surface area contributed by atoms with Crippen LogP contribution in [0.4, 0.5) is 0 Å². The van der Waals surface area contributed by atoms with Gasteiger partial charge in [-0.05, 0) is 37.9 Å². The molecule has 2 nitrogen and oxygen atoms in total. The van der Waals surface area contributed by atoms with Gasteiger partial charge in [0.2, 0.25) is 0 Å². The summed E-state index contributed by atoms with van der Waals surface area (Å²) in [5.74, 6) is 1.21. The third kappa shape index (κ3) is 3.56. The van der Waals surface area contributed by atoms with E-state index in [1.165, 1.54) is 37.0 Å². The van der Waals surface area contributed by atoms with Gasteiger partial charge >= 0.3 is 0 Å². The predicted octanol–water partition coefficient (Wildman–Crippen LogP) is 3.09. The Bertz CT molecular complexity index is 280. The Hall–Kier alpha value is -0.410. The lowest BCUT2D eigenvalue weighted by molar-refractivity contribution is 0.556. The molecule has 3 heteroatoms. The molecule has 0 spiro atoms. The second-order valence-electron chi connectivity index (χ2n) is 4.56. The molecule has 1 fully saturated rings. The van der Waals surface area contributed by atoms with Crippen molar-refractivity contribution in [2.45, 2.75) is 43.4 Å². The van der Waals surface area contributed by atoms with E-state index in [4.69, 9.17) is 4.42 Å². The largest absolute Gasteiger partial charge is 0.472 e. The zero-order chi connectivity index (χ0) is 11.2. The van der Waals surface area contributed by atoms with Crippen LogP contribution in [0.15, 0.2) is 23.0 Å². The van der Waals surface area contributed by atoms with Crippen molar-refractivity contribution in [3.63, 3.8) is 0 Å². The van der Waals surface area contributed by atoms with Crippen molar-refractivity contribution in [3.8, 4) is 0 Å². The Labute approximate surface area is 102 Å². The molecule has 90 valence electrons. The van der Waals surface area contributed by atoms with Crippen LogP contribution in [-0.2, 0) is 6.42 Å². The van der Waals surface area contributed by atoms with E-state index in [0.717, 1.165) is 11.7 Å². The number of hydrogen-bond donors (Lipinski definition) is 1. The highest BCUT2D eigenvalue weighted by molar-refractivity contribution is 7.99. The highest BCUT2D eigenvalue weighted by Gasteiger charge is 2.17. The first kappa shape index (κ1) is 12.1. The lowest BCUT2D eigenvalue weighted by Crippen LogP contribution is -2.30. The Balaban J connectivity index is 1.72. The normalized spacial score (nSPS) is 19.1. The van der Waals surface area contributed by atoms with Crippen molar-refractivity contribution in [2.75, 3.05) is 12.8 Å². The summed E-state index contributed by atoms with van der Waals surface area (Å²) in [5, 5.41) is 4.32. The zero-order valence-corrected chi connectivity index (χ0v) is 10.8. The van der Waals surface area contributed by atoms with Crippen LogP contribution in [0.1, 0.15) is 31.2 Å². The molecule has 1 saturated carbocycles. The van der Waals surface area contributed by atoms with Crippen molar-refractivity contribution >= 4 is 11.8 Å². The van der Waals surface area contributed by atoms with E-state index in [-0.39, 0.29) is 0 Å². The molecule has 0 radical (unpaired) electrons. The first-order chi connectivity index (χ1) is 7.88. The first-order valence-corrected chi connectivity index (χ1v) is 7.23. The Morgan fingerprint density at radius 2 is 2.31 bits per heavy atom. The summed E-state index contributed by atoms with van der Waals surface area (Å²) in [5.41, 5.74) is 1.30. The van der Waals surface area contributed by atoms with Crippen LogP contribution in [0.3, 0.4) is 0 Å². The second kappa shape index (κ2) is 6.36. The molecule has 1 heterocycles. The molecule has 1 aromatic heterocycles. The number of likely N-dealkylation sites (N-methyl/N-ethyl adjacent to an activating group) is 1. The van der Waals surface area contributed by atoms with Gasteiger partial charge in [0.15, 0.2) is 0 Å². The van der Waals surface area contributed by atoms with Crippen LogP contribution in [0.25, 0.3) is 0 Å². The monoisotopic (exact) mass is 239 g/mol. The summed E-state index contributed by atoms with van der Waals surface area (Å²) in [4.78, 5) is 0. The van der Waals surface area contributed by atoms with Crippen molar-refractivity contribution in [1.29, 1.82) is 0 Å². The molecule has 1 aliphatic carbocycles. The summed E-state index contributed by atoms with van der Waals surface area (Å²) < 4.78 is 5.10. The summed E-state index contributed by atoms with van der Waals surface area (Å²) in [6.07, 6.45) is 10.4. The molecule has 0 amide bonds. The van der Waals surface area contributed by atoms with Crippen LogP contribution in [-0.4, -0.2) is 24.1 Å². The molecule has 1 N–H and O–H groups in total. The van der Waals surface area contributed by atoms with Crippen LogP contribution >= 0.6 is 11.8 Å². The quantitative estimate of drug-likeness (QED) is 0.826. The number of furan rings is 1. The van der Waals surface area contributed by atoms with E-state index in [2.05, 4.69) is 30.2 Å². The molecule has 2 rings (SSSR count). The van der Waals surface area contributed by atoms with Gasteiger partial charge in [0.1, 0.15) is 0 Å². The number of nitrogens with one attached hydrogen (secondary N) is 1. The van der Waals surface area contributed by atoms with Gasteiger partial charge in [-0.25, -0.2) is 0 Å². The minimum atomic E-state index is 0.572. The van der Waals surface area contributed by atoms with Gasteiger partial charge in [0.25, 0.3) is 0 Å². The standard InChI is InChI=1S/C13H21NOS/c1-14-12(8-11-6-7-15-9-11)10-16-13-4-2-3-5-13/h6-7,9,12-14H,2-5,8,10H2,1H3. The van der Waals surface area contributed by atoms with Crippen molar-refractivity contribution in [3.05, 3.63) is 24.2 Å². The number of rotatable bonds is 6. The summed E-state index contributed by atoms with van der Waals surface area (Å²) in [6.45, 7) is 0. The lowest BCUT2D eigenvalue weighted by atomic mass is 10.1. The van der Waals surface area contributed by atoms with Gasteiger partial charge in [-0.1, -0.05) is 12.8 Å². The minimum absolute atomic E-state index is 0.572. The van der Waals surface area contributed by atoms with E-state index in [1.807, 2.05) is 6.26 Å².